The van der Waals surface area contributed by atoms with Crippen LogP contribution in [0, 0.1) is 12.3 Å². The first kappa shape index (κ1) is 14.9. The Labute approximate surface area is 124 Å². The maximum absolute atomic E-state index is 12.5. The molecule has 1 aromatic carbocycles. The molecule has 0 atom stereocenters. The van der Waals surface area contributed by atoms with Crippen LogP contribution in [-0.4, -0.2) is 24.1 Å². The van der Waals surface area contributed by atoms with Gasteiger partial charge in [0.15, 0.2) is 0 Å². The third kappa shape index (κ3) is 3.16. The molecule has 0 aromatic heterocycles. The van der Waals surface area contributed by atoms with Crippen molar-refractivity contribution in [2.24, 2.45) is 11.1 Å². The van der Waals surface area contributed by atoms with Crippen molar-refractivity contribution in [2.75, 3.05) is 13.2 Å². The second-order valence-electron chi connectivity index (χ2n) is 5.23. The maximum atomic E-state index is 12.5. The lowest BCUT2D eigenvalue weighted by atomic mass is 9.79. The Hall–Kier alpha value is -1.46. The third-order valence-electron chi connectivity index (χ3n) is 3.79. The zero-order valence-electron chi connectivity index (χ0n) is 11.6. The van der Waals surface area contributed by atoms with Crippen LogP contribution in [0.2, 0.25) is 0 Å². The normalized spacial score (nSPS) is 17.4. The Morgan fingerprint density at radius 1 is 1.45 bits per heavy atom. The van der Waals surface area contributed by atoms with Gasteiger partial charge in [-0.05, 0) is 25.3 Å². The topological polar surface area (TPSA) is 64.4 Å². The number of amides is 1. The van der Waals surface area contributed by atoms with Crippen LogP contribution in [0.25, 0.3) is 0 Å². The second-order valence-corrected chi connectivity index (χ2v) is 5.67. The molecule has 1 aliphatic heterocycles. The minimum Gasteiger partial charge on any atom is -0.392 e. The number of rotatable bonds is 4. The van der Waals surface area contributed by atoms with Crippen LogP contribution in [0.5, 0.6) is 0 Å². The Morgan fingerprint density at radius 3 is 2.75 bits per heavy atom. The molecular formula is C15H20N2O2S. The predicted octanol–water partition coefficient (Wildman–Crippen LogP) is 1.69. The van der Waals surface area contributed by atoms with Gasteiger partial charge in [-0.25, -0.2) is 0 Å². The van der Waals surface area contributed by atoms with Gasteiger partial charge < -0.3 is 15.8 Å². The van der Waals surface area contributed by atoms with Crippen molar-refractivity contribution in [3.05, 3.63) is 35.4 Å². The van der Waals surface area contributed by atoms with E-state index in [1.165, 1.54) is 5.56 Å². The van der Waals surface area contributed by atoms with Crippen molar-refractivity contribution >= 4 is 23.1 Å². The fourth-order valence-corrected chi connectivity index (χ4v) is 2.78. The molecule has 1 saturated heterocycles. The summed E-state index contributed by atoms with van der Waals surface area (Å²) in [5.41, 5.74) is 7.30. The molecule has 0 aliphatic carbocycles. The SMILES string of the molecule is Cc1cccc(CNC(=O)C2(C(N)=S)CCOCC2)c1. The van der Waals surface area contributed by atoms with Crippen LogP contribution in [0.15, 0.2) is 24.3 Å². The number of hydrogen-bond acceptors (Lipinski definition) is 3. The zero-order chi connectivity index (χ0) is 14.6. The number of ether oxygens (including phenoxy) is 1. The van der Waals surface area contributed by atoms with Gasteiger partial charge in [-0.2, -0.15) is 0 Å². The van der Waals surface area contributed by atoms with Gasteiger partial charge in [-0.15, -0.1) is 0 Å². The molecule has 3 N–H and O–H groups in total. The Kier molecular flexibility index (Phi) is 4.73. The quantitative estimate of drug-likeness (QED) is 0.829. The van der Waals surface area contributed by atoms with E-state index in [4.69, 9.17) is 22.7 Å². The van der Waals surface area contributed by atoms with Crippen molar-refractivity contribution in [1.29, 1.82) is 0 Å². The number of nitrogens with one attached hydrogen (secondary N) is 1. The average molecular weight is 292 g/mol. The van der Waals surface area contributed by atoms with Crippen molar-refractivity contribution < 1.29 is 9.53 Å². The first-order valence-electron chi connectivity index (χ1n) is 6.76. The number of hydrogen-bond donors (Lipinski definition) is 2. The summed E-state index contributed by atoms with van der Waals surface area (Å²) in [6.07, 6.45) is 1.12. The van der Waals surface area contributed by atoms with Crippen molar-refractivity contribution in [3.63, 3.8) is 0 Å². The van der Waals surface area contributed by atoms with E-state index < -0.39 is 5.41 Å². The molecule has 5 heteroatoms. The molecule has 1 aliphatic rings. The van der Waals surface area contributed by atoms with Gasteiger partial charge in [-0.3, -0.25) is 4.79 Å². The van der Waals surface area contributed by atoms with E-state index in [1.807, 2.05) is 25.1 Å². The summed E-state index contributed by atoms with van der Waals surface area (Å²) in [4.78, 5) is 12.8. The van der Waals surface area contributed by atoms with E-state index in [1.54, 1.807) is 0 Å². The molecule has 1 heterocycles. The Balaban J connectivity index is 2.04. The number of carbonyl (C=O) groups excluding carboxylic acids is 1. The lowest BCUT2D eigenvalue weighted by Gasteiger charge is -2.34. The highest BCUT2D eigenvalue weighted by atomic mass is 32.1. The zero-order valence-corrected chi connectivity index (χ0v) is 12.5. The van der Waals surface area contributed by atoms with Crippen LogP contribution in [0.3, 0.4) is 0 Å². The minimum absolute atomic E-state index is 0.0881. The monoisotopic (exact) mass is 292 g/mol. The summed E-state index contributed by atoms with van der Waals surface area (Å²) in [6, 6.07) is 8.05. The standard InChI is InChI=1S/C15H20N2O2S/c1-11-3-2-4-12(9-11)10-17-14(18)15(13(16)20)5-7-19-8-6-15/h2-4,9H,5-8,10H2,1H3,(H2,16,20)(H,17,18). The highest BCUT2D eigenvalue weighted by molar-refractivity contribution is 7.80. The molecular weight excluding hydrogens is 272 g/mol. The van der Waals surface area contributed by atoms with Crippen LogP contribution in [-0.2, 0) is 16.1 Å². The van der Waals surface area contributed by atoms with E-state index >= 15 is 0 Å². The van der Waals surface area contributed by atoms with E-state index in [2.05, 4.69) is 11.4 Å². The lowest BCUT2D eigenvalue weighted by Crippen LogP contribution is -2.51. The van der Waals surface area contributed by atoms with Gasteiger partial charge in [0.2, 0.25) is 5.91 Å². The van der Waals surface area contributed by atoms with E-state index in [0.717, 1.165) is 5.56 Å². The van der Waals surface area contributed by atoms with Gasteiger partial charge in [0.25, 0.3) is 0 Å². The van der Waals surface area contributed by atoms with E-state index in [-0.39, 0.29) is 10.9 Å². The summed E-state index contributed by atoms with van der Waals surface area (Å²) in [5.74, 6) is -0.0881. The predicted molar refractivity (Wildman–Crippen MR) is 82.3 cm³/mol. The molecule has 2 rings (SSSR count). The molecule has 20 heavy (non-hydrogen) atoms. The molecule has 4 nitrogen and oxygen atoms in total. The molecule has 0 unspecified atom stereocenters. The Morgan fingerprint density at radius 2 is 2.15 bits per heavy atom. The van der Waals surface area contributed by atoms with E-state index in [0.29, 0.717) is 32.6 Å². The van der Waals surface area contributed by atoms with Crippen molar-refractivity contribution in [1.82, 2.24) is 5.32 Å². The molecule has 0 radical (unpaired) electrons. The summed E-state index contributed by atoms with van der Waals surface area (Å²) in [5, 5.41) is 2.96. The highest BCUT2D eigenvalue weighted by Crippen LogP contribution is 2.31. The molecule has 1 fully saturated rings. The van der Waals surface area contributed by atoms with Gasteiger partial charge in [-0.1, -0.05) is 42.0 Å². The molecule has 1 amide bonds. The molecule has 0 saturated carbocycles. The maximum Gasteiger partial charge on any atom is 0.233 e. The summed E-state index contributed by atoms with van der Waals surface area (Å²) in [7, 11) is 0. The van der Waals surface area contributed by atoms with Gasteiger partial charge in [0.05, 0.1) is 4.99 Å². The minimum atomic E-state index is -0.753. The number of thiocarbonyl (C=S) groups is 1. The summed E-state index contributed by atoms with van der Waals surface area (Å²) in [6.45, 7) is 3.57. The highest BCUT2D eigenvalue weighted by Gasteiger charge is 2.42. The van der Waals surface area contributed by atoms with E-state index in [9.17, 15) is 4.79 Å². The largest absolute Gasteiger partial charge is 0.392 e. The van der Waals surface area contributed by atoms with Crippen molar-refractivity contribution in [3.8, 4) is 0 Å². The average Bonchev–Trinajstić information content (AvgIpc) is 2.45. The van der Waals surface area contributed by atoms with Gasteiger partial charge in [0.1, 0.15) is 5.41 Å². The molecule has 1 aromatic rings. The number of nitrogens with two attached hydrogens (primary N) is 1. The molecule has 108 valence electrons. The van der Waals surface area contributed by atoms with Crippen LogP contribution < -0.4 is 11.1 Å². The third-order valence-corrected chi connectivity index (χ3v) is 4.18. The Bertz CT molecular complexity index is 510. The van der Waals surface area contributed by atoms with Crippen LogP contribution in [0.1, 0.15) is 24.0 Å². The summed E-state index contributed by atoms with van der Waals surface area (Å²) < 4.78 is 5.31. The van der Waals surface area contributed by atoms with Gasteiger partial charge in [0, 0.05) is 19.8 Å². The molecule has 0 bridgehead atoms. The van der Waals surface area contributed by atoms with Crippen molar-refractivity contribution in [2.45, 2.75) is 26.3 Å². The van der Waals surface area contributed by atoms with Crippen LogP contribution >= 0.6 is 12.2 Å². The van der Waals surface area contributed by atoms with Gasteiger partial charge >= 0.3 is 0 Å². The number of carbonyl (C=O) groups is 1. The second kappa shape index (κ2) is 6.33. The number of benzene rings is 1. The fraction of sp³-hybridized carbons (Fsp3) is 0.467. The summed E-state index contributed by atoms with van der Waals surface area (Å²) >= 11 is 5.12. The fourth-order valence-electron chi connectivity index (χ4n) is 2.48. The lowest BCUT2D eigenvalue weighted by molar-refractivity contribution is -0.131. The number of aryl methyl sites for hydroxylation is 1. The first-order valence-corrected chi connectivity index (χ1v) is 7.17. The first-order chi connectivity index (χ1) is 9.54. The molecule has 0 spiro atoms. The van der Waals surface area contributed by atoms with Crippen LogP contribution in [0.4, 0.5) is 0 Å². The smallest absolute Gasteiger partial charge is 0.233 e.